The number of halogens is 2. The molecule has 1 heterocycles. The van der Waals surface area contributed by atoms with Crippen LogP contribution < -0.4 is 11.0 Å². The summed E-state index contributed by atoms with van der Waals surface area (Å²) in [6, 6.07) is 10.7. The minimum absolute atomic E-state index is 0. The molecule has 0 radical (unpaired) electrons. The van der Waals surface area contributed by atoms with Crippen LogP contribution in [0.1, 0.15) is 10.4 Å². The number of allylic oxidation sites excluding steroid dienone is 1. The Balaban J connectivity index is 0.00000320. The van der Waals surface area contributed by atoms with Crippen molar-refractivity contribution >= 4 is 41.9 Å². The average molecular weight is 452 g/mol. The van der Waals surface area contributed by atoms with E-state index in [0.717, 1.165) is 10.9 Å². The van der Waals surface area contributed by atoms with E-state index in [1.54, 1.807) is 30.0 Å². The lowest BCUT2D eigenvalue weighted by atomic mass is 10.0. The predicted octanol–water partition coefficient (Wildman–Crippen LogP) is 3.97. The highest BCUT2D eigenvalue weighted by atomic mass is 35.5. The SMILES string of the molecule is COC(=O)c1cc(-c2cccc(P(C)(C)=O)c2)c2ncn(C/C(F)=C/CN)c2c1.Cl. The number of aromatic nitrogens is 2. The first-order valence-electron chi connectivity index (χ1n) is 9.02. The second-order valence-corrected chi connectivity index (χ2v) is 10.3. The topological polar surface area (TPSA) is 87.2 Å². The molecule has 0 unspecified atom stereocenters. The van der Waals surface area contributed by atoms with Crippen molar-refractivity contribution in [1.82, 2.24) is 9.55 Å². The van der Waals surface area contributed by atoms with E-state index in [1.807, 2.05) is 24.3 Å². The van der Waals surface area contributed by atoms with Crippen LogP contribution in [0.15, 0.2) is 54.6 Å². The van der Waals surface area contributed by atoms with Crippen LogP contribution in [0.2, 0.25) is 0 Å². The molecule has 9 heteroatoms. The van der Waals surface area contributed by atoms with E-state index < -0.39 is 18.9 Å². The average Bonchev–Trinajstić information content (AvgIpc) is 3.09. The van der Waals surface area contributed by atoms with Gasteiger partial charge >= 0.3 is 5.97 Å². The van der Waals surface area contributed by atoms with Gasteiger partial charge in [0, 0.05) is 17.4 Å². The lowest BCUT2D eigenvalue weighted by Crippen LogP contribution is -2.05. The Kier molecular flexibility index (Phi) is 7.59. The number of methoxy groups -OCH3 is 1. The minimum atomic E-state index is -2.47. The van der Waals surface area contributed by atoms with Gasteiger partial charge in [-0.3, -0.25) is 0 Å². The number of nitrogens with zero attached hydrogens (tertiary/aromatic N) is 2. The third-order valence-corrected chi connectivity index (χ3v) is 6.11. The van der Waals surface area contributed by atoms with Crippen molar-refractivity contribution in [1.29, 1.82) is 0 Å². The first-order chi connectivity index (χ1) is 13.7. The Morgan fingerprint density at radius 1 is 1.30 bits per heavy atom. The maximum Gasteiger partial charge on any atom is 0.337 e. The minimum Gasteiger partial charge on any atom is -0.465 e. The molecule has 1 aromatic heterocycles. The molecule has 0 spiro atoms. The number of carbonyl (C=O) groups is 1. The molecular formula is C21H24ClFN3O3P. The smallest absolute Gasteiger partial charge is 0.337 e. The van der Waals surface area contributed by atoms with Crippen molar-refractivity contribution in [2.75, 3.05) is 27.0 Å². The molecule has 0 aliphatic heterocycles. The Bertz CT molecular complexity index is 1150. The molecule has 0 bridgehead atoms. The maximum absolute atomic E-state index is 14.0. The maximum atomic E-state index is 14.0. The molecule has 0 atom stereocenters. The van der Waals surface area contributed by atoms with E-state index >= 15 is 0 Å². The fraction of sp³-hybridized carbons (Fsp3) is 0.238. The molecule has 3 aromatic rings. The first-order valence-corrected chi connectivity index (χ1v) is 11.6. The Labute approximate surface area is 180 Å². The van der Waals surface area contributed by atoms with Gasteiger partial charge in [0.2, 0.25) is 0 Å². The molecule has 0 saturated carbocycles. The fourth-order valence-electron chi connectivity index (χ4n) is 3.11. The van der Waals surface area contributed by atoms with Crippen molar-refractivity contribution in [2.24, 2.45) is 5.73 Å². The number of hydrogen-bond donors (Lipinski definition) is 1. The van der Waals surface area contributed by atoms with Crippen LogP contribution in [-0.4, -0.2) is 42.5 Å². The summed E-state index contributed by atoms with van der Waals surface area (Å²) in [5.41, 5.74) is 8.34. The zero-order chi connectivity index (χ0) is 21.2. The largest absolute Gasteiger partial charge is 0.465 e. The van der Waals surface area contributed by atoms with Crippen LogP contribution in [0.4, 0.5) is 4.39 Å². The van der Waals surface area contributed by atoms with Crippen molar-refractivity contribution in [3.63, 3.8) is 0 Å². The Hall–Kier alpha value is -2.47. The number of ether oxygens (including phenoxy) is 1. The molecule has 6 nitrogen and oxygen atoms in total. The van der Waals surface area contributed by atoms with Crippen LogP contribution in [0.25, 0.3) is 22.2 Å². The molecule has 2 N–H and O–H groups in total. The number of hydrogen-bond acceptors (Lipinski definition) is 5. The summed E-state index contributed by atoms with van der Waals surface area (Å²) in [7, 11) is -1.17. The van der Waals surface area contributed by atoms with E-state index in [9.17, 15) is 13.8 Å². The monoisotopic (exact) mass is 451 g/mol. The molecule has 0 aliphatic carbocycles. The van der Waals surface area contributed by atoms with Gasteiger partial charge < -0.3 is 19.6 Å². The van der Waals surface area contributed by atoms with E-state index in [0.29, 0.717) is 22.2 Å². The molecule has 0 aliphatic rings. The summed E-state index contributed by atoms with van der Waals surface area (Å²) in [6.07, 6.45) is 2.81. The van der Waals surface area contributed by atoms with Crippen LogP contribution in [-0.2, 0) is 15.8 Å². The van der Waals surface area contributed by atoms with Crippen molar-refractivity contribution in [2.45, 2.75) is 6.54 Å². The van der Waals surface area contributed by atoms with E-state index in [4.69, 9.17) is 10.5 Å². The highest BCUT2D eigenvalue weighted by molar-refractivity contribution is 7.70. The van der Waals surface area contributed by atoms with E-state index in [2.05, 4.69) is 4.98 Å². The molecule has 30 heavy (non-hydrogen) atoms. The van der Waals surface area contributed by atoms with Gasteiger partial charge in [-0.1, -0.05) is 18.2 Å². The molecular weight excluding hydrogens is 428 g/mol. The lowest BCUT2D eigenvalue weighted by Gasteiger charge is -2.12. The van der Waals surface area contributed by atoms with Gasteiger partial charge in [0.1, 0.15) is 13.0 Å². The number of carbonyl (C=O) groups excluding carboxylic acids is 1. The molecule has 2 aromatic carbocycles. The summed E-state index contributed by atoms with van der Waals surface area (Å²) in [5, 5.41) is 0.725. The molecule has 0 saturated heterocycles. The summed E-state index contributed by atoms with van der Waals surface area (Å²) >= 11 is 0. The second-order valence-electron chi connectivity index (χ2n) is 7.04. The second kappa shape index (κ2) is 9.56. The summed E-state index contributed by atoms with van der Waals surface area (Å²) in [6.45, 7) is 3.46. The van der Waals surface area contributed by atoms with Gasteiger partial charge in [0.25, 0.3) is 0 Å². The zero-order valence-electron chi connectivity index (χ0n) is 17.0. The first kappa shape index (κ1) is 23.8. The van der Waals surface area contributed by atoms with Crippen molar-refractivity contribution < 1.29 is 18.5 Å². The number of nitrogens with two attached hydrogens (primary N) is 1. The van der Waals surface area contributed by atoms with Crippen LogP contribution in [0.3, 0.4) is 0 Å². The molecule has 160 valence electrons. The van der Waals surface area contributed by atoms with Gasteiger partial charge in [-0.2, -0.15) is 0 Å². The zero-order valence-corrected chi connectivity index (χ0v) is 18.7. The highest BCUT2D eigenvalue weighted by Crippen LogP contribution is 2.37. The van der Waals surface area contributed by atoms with Crippen molar-refractivity contribution in [3.05, 3.63) is 60.2 Å². The van der Waals surface area contributed by atoms with Crippen LogP contribution in [0.5, 0.6) is 0 Å². The summed E-state index contributed by atoms with van der Waals surface area (Å²) in [4.78, 5) is 16.7. The molecule has 0 fully saturated rings. The standard InChI is InChI=1S/C21H23FN3O3P.ClH/c1-28-21(26)15-10-18(14-5-4-6-17(9-14)29(2,3)27)20-19(11-15)25(13-24-20)12-16(22)7-8-23;/h4-7,9-11,13H,8,12,23H2,1-3H3;1H/b16-7-;. The number of benzene rings is 2. The fourth-order valence-corrected chi connectivity index (χ4v) is 4.00. The Morgan fingerprint density at radius 3 is 2.67 bits per heavy atom. The summed E-state index contributed by atoms with van der Waals surface area (Å²) < 4.78 is 33.0. The number of fused-ring (bicyclic) bond motifs is 1. The number of imidazole rings is 1. The summed E-state index contributed by atoms with van der Waals surface area (Å²) in [5.74, 6) is -0.900. The van der Waals surface area contributed by atoms with Gasteiger partial charge in [0.15, 0.2) is 0 Å². The number of rotatable bonds is 6. The van der Waals surface area contributed by atoms with Gasteiger partial charge in [-0.25, -0.2) is 14.2 Å². The van der Waals surface area contributed by atoms with Gasteiger partial charge in [0.05, 0.1) is 36.6 Å². The van der Waals surface area contributed by atoms with Crippen LogP contribution >= 0.6 is 19.5 Å². The van der Waals surface area contributed by atoms with E-state index in [-0.39, 0.29) is 25.5 Å². The Morgan fingerprint density at radius 2 is 2.03 bits per heavy atom. The van der Waals surface area contributed by atoms with Crippen LogP contribution in [0, 0.1) is 0 Å². The number of esters is 1. The normalized spacial score (nSPS) is 12.0. The quantitative estimate of drug-likeness (QED) is 0.452. The predicted molar refractivity (Wildman–Crippen MR) is 121 cm³/mol. The third-order valence-electron chi connectivity index (χ3n) is 4.59. The third kappa shape index (κ3) is 4.98. The van der Waals surface area contributed by atoms with Gasteiger partial charge in [-0.05, 0) is 43.2 Å². The molecule has 0 amide bonds. The van der Waals surface area contributed by atoms with Crippen molar-refractivity contribution in [3.8, 4) is 11.1 Å². The van der Waals surface area contributed by atoms with Gasteiger partial charge in [-0.15, -0.1) is 12.4 Å². The molecule has 3 rings (SSSR count). The highest BCUT2D eigenvalue weighted by Gasteiger charge is 2.18. The van der Waals surface area contributed by atoms with E-state index in [1.165, 1.54) is 19.5 Å². The lowest BCUT2D eigenvalue weighted by molar-refractivity contribution is 0.0601.